The fourth-order valence-electron chi connectivity index (χ4n) is 1.09. The van der Waals surface area contributed by atoms with Gasteiger partial charge in [-0.1, -0.05) is 26.7 Å². The minimum atomic E-state index is 0.625. The van der Waals surface area contributed by atoms with Crippen LogP contribution in [0.25, 0.3) is 0 Å². The lowest BCUT2D eigenvalue weighted by molar-refractivity contribution is 0.544. The summed E-state index contributed by atoms with van der Waals surface area (Å²) in [7, 11) is 0. The molecule has 2 heteroatoms. The van der Waals surface area contributed by atoms with Crippen LogP contribution >= 0.6 is 0 Å². The molecule has 0 spiro atoms. The molecule has 1 rings (SSSR count). The average molecular weight is 130 g/mol. The number of hydrogen-bond donors (Lipinski definition) is 2. The van der Waals surface area contributed by atoms with E-state index in [2.05, 4.69) is 5.43 Å². The predicted molar refractivity (Wildman–Crippen MR) is 40.9 cm³/mol. The Morgan fingerprint density at radius 1 is 1.22 bits per heavy atom. The second-order valence-corrected chi connectivity index (χ2v) is 2.15. The summed E-state index contributed by atoms with van der Waals surface area (Å²) in [4.78, 5) is 0. The Morgan fingerprint density at radius 2 is 1.67 bits per heavy atom. The van der Waals surface area contributed by atoms with Gasteiger partial charge in [-0.3, -0.25) is 11.3 Å². The summed E-state index contributed by atoms with van der Waals surface area (Å²) in [5, 5.41) is 0. The summed E-state index contributed by atoms with van der Waals surface area (Å²) in [6, 6.07) is 0.625. The Bertz CT molecular complexity index is 48.9. The summed E-state index contributed by atoms with van der Waals surface area (Å²) in [6.45, 7) is 4.00. The fourth-order valence-corrected chi connectivity index (χ4v) is 1.09. The van der Waals surface area contributed by atoms with E-state index >= 15 is 0 Å². The molecular formula is C7H18N2. The molecule has 0 aromatic heterocycles. The van der Waals surface area contributed by atoms with Crippen molar-refractivity contribution in [1.82, 2.24) is 5.43 Å². The van der Waals surface area contributed by atoms with Gasteiger partial charge in [0.2, 0.25) is 0 Å². The molecule has 0 aliphatic heterocycles. The number of hydrazine groups is 1. The fraction of sp³-hybridized carbons (Fsp3) is 1.00. The van der Waals surface area contributed by atoms with E-state index in [1.807, 2.05) is 13.8 Å². The summed E-state index contributed by atoms with van der Waals surface area (Å²) in [6.07, 6.45) is 5.26. The van der Waals surface area contributed by atoms with Crippen LogP contribution in [0.3, 0.4) is 0 Å². The second-order valence-electron chi connectivity index (χ2n) is 2.15. The zero-order valence-electron chi connectivity index (χ0n) is 6.48. The van der Waals surface area contributed by atoms with Gasteiger partial charge in [0.1, 0.15) is 0 Å². The molecule has 56 valence electrons. The van der Waals surface area contributed by atoms with Crippen molar-refractivity contribution >= 4 is 0 Å². The zero-order valence-corrected chi connectivity index (χ0v) is 6.48. The van der Waals surface area contributed by atoms with Gasteiger partial charge in [0.05, 0.1) is 0 Å². The van der Waals surface area contributed by atoms with Gasteiger partial charge in [-0.2, -0.15) is 0 Å². The van der Waals surface area contributed by atoms with Crippen molar-refractivity contribution in [2.75, 3.05) is 0 Å². The molecule has 2 nitrogen and oxygen atoms in total. The lowest BCUT2D eigenvalue weighted by Gasteiger charge is -2.02. The molecule has 0 aromatic rings. The van der Waals surface area contributed by atoms with E-state index in [0.29, 0.717) is 6.04 Å². The SMILES string of the molecule is CC.NNC1CCCC1. The van der Waals surface area contributed by atoms with Gasteiger partial charge in [-0.15, -0.1) is 0 Å². The van der Waals surface area contributed by atoms with Crippen molar-refractivity contribution in [2.45, 2.75) is 45.6 Å². The first-order chi connectivity index (χ1) is 4.43. The van der Waals surface area contributed by atoms with Gasteiger partial charge in [-0.05, 0) is 12.8 Å². The van der Waals surface area contributed by atoms with Crippen LogP contribution in [0.15, 0.2) is 0 Å². The van der Waals surface area contributed by atoms with Gasteiger partial charge in [-0.25, -0.2) is 0 Å². The number of nitrogens with one attached hydrogen (secondary N) is 1. The van der Waals surface area contributed by atoms with Crippen molar-refractivity contribution in [3.63, 3.8) is 0 Å². The largest absolute Gasteiger partial charge is 0.271 e. The quantitative estimate of drug-likeness (QED) is 0.416. The first-order valence-electron chi connectivity index (χ1n) is 3.89. The van der Waals surface area contributed by atoms with Crippen LogP contribution in [-0.4, -0.2) is 6.04 Å². The Balaban J connectivity index is 0.000000291. The third-order valence-corrected chi connectivity index (χ3v) is 1.59. The van der Waals surface area contributed by atoms with Crippen LogP contribution in [0, 0.1) is 0 Å². The Labute approximate surface area is 57.8 Å². The molecule has 1 aliphatic rings. The molecule has 9 heavy (non-hydrogen) atoms. The molecule has 0 atom stereocenters. The summed E-state index contributed by atoms with van der Waals surface area (Å²) >= 11 is 0. The van der Waals surface area contributed by atoms with Crippen LogP contribution in [0.1, 0.15) is 39.5 Å². The molecule has 0 aromatic carbocycles. The minimum Gasteiger partial charge on any atom is -0.271 e. The van der Waals surface area contributed by atoms with Gasteiger partial charge >= 0.3 is 0 Å². The molecule has 1 fully saturated rings. The Morgan fingerprint density at radius 3 is 1.89 bits per heavy atom. The highest BCUT2D eigenvalue weighted by Gasteiger charge is 2.11. The van der Waals surface area contributed by atoms with E-state index in [-0.39, 0.29) is 0 Å². The van der Waals surface area contributed by atoms with Gasteiger partial charge in [0.15, 0.2) is 0 Å². The van der Waals surface area contributed by atoms with E-state index in [9.17, 15) is 0 Å². The summed E-state index contributed by atoms with van der Waals surface area (Å²) < 4.78 is 0. The van der Waals surface area contributed by atoms with Gasteiger partial charge < -0.3 is 0 Å². The number of rotatable bonds is 1. The highest BCUT2D eigenvalue weighted by atomic mass is 15.2. The molecule has 0 heterocycles. The molecule has 0 amide bonds. The lowest BCUT2D eigenvalue weighted by Crippen LogP contribution is -2.32. The average Bonchev–Trinajstić information content (AvgIpc) is 2.43. The highest BCUT2D eigenvalue weighted by molar-refractivity contribution is 4.69. The summed E-state index contributed by atoms with van der Waals surface area (Å²) in [5.41, 5.74) is 2.76. The monoisotopic (exact) mass is 130 g/mol. The van der Waals surface area contributed by atoms with Crippen molar-refractivity contribution in [3.8, 4) is 0 Å². The maximum atomic E-state index is 5.18. The summed E-state index contributed by atoms with van der Waals surface area (Å²) in [5.74, 6) is 5.18. The molecule has 0 radical (unpaired) electrons. The molecule has 3 N–H and O–H groups in total. The molecule has 0 bridgehead atoms. The maximum absolute atomic E-state index is 5.18. The van der Waals surface area contributed by atoms with E-state index in [1.54, 1.807) is 0 Å². The molecular weight excluding hydrogens is 112 g/mol. The topological polar surface area (TPSA) is 38.0 Å². The molecule has 0 unspecified atom stereocenters. The second kappa shape index (κ2) is 6.05. The van der Waals surface area contributed by atoms with Crippen molar-refractivity contribution < 1.29 is 0 Å². The van der Waals surface area contributed by atoms with Crippen LogP contribution < -0.4 is 11.3 Å². The van der Waals surface area contributed by atoms with Crippen molar-refractivity contribution in [1.29, 1.82) is 0 Å². The molecule has 1 saturated carbocycles. The van der Waals surface area contributed by atoms with Crippen molar-refractivity contribution in [2.24, 2.45) is 5.84 Å². The Hall–Kier alpha value is -0.0800. The molecule has 1 aliphatic carbocycles. The molecule has 0 saturated heterocycles. The standard InChI is InChI=1S/C5H12N2.C2H6/c6-7-5-3-1-2-4-5;1-2/h5,7H,1-4,6H2;1-2H3. The van der Waals surface area contributed by atoms with Gasteiger partial charge in [0, 0.05) is 6.04 Å². The predicted octanol–water partition coefficient (Wildman–Crippen LogP) is 1.42. The van der Waals surface area contributed by atoms with Crippen LogP contribution in [0.2, 0.25) is 0 Å². The normalized spacial score (nSPS) is 19.0. The van der Waals surface area contributed by atoms with Crippen LogP contribution in [0.4, 0.5) is 0 Å². The third kappa shape index (κ3) is 3.49. The minimum absolute atomic E-state index is 0.625. The third-order valence-electron chi connectivity index (χ3n) is 1.59. The Kier molecular flexibility index (Phi) is 5.99. The number of nitrogens with two attached hydrogens (primary N) is 1. The van der Waals surface area contributed by atoms with E-state index < -0.39 is 0 Å². The van der Waals surface area contributed by atoms with Crippen LogP contribution in [-0.2, 0) is 0 Å². The first kappa shape index (κ1) is 8.92. The van der Waals surface area contributed by atoms with Gasteiger partial charge in [0.25, 0.3) is 0 Å². The van der Waals surface area contributed by atoms with E-state index in [4.69, 9.17) is 5.84 Å². The highest BCUT2D eigenvalue weighted by Crippen LogP contribution is 2.16. The first-order valence-corrected chi connectivity index (χ1v) is 3.89. The maximum Gasteiger partial charge on any atom is 0.0210 e. The smallest absolute Gasteiger partial charge is 0.0210 e. The van der Waals surface area contributed by atoms with Crippen molar-refractivity contribution in [3.05, 3.63) is 0 Å². The van der Waals surface area contributed by atoms with E-state index in [0.717, 1.165) is 0 Å². The van der Waals surface area contributed by atoms with E-state index in [1.165, 1.54) is 25.7 Å². The number of hydrogen-bond acceptors (Lipinski definition) is 2. The zero-order chi connectivity index (χ0) is 7.11. The van der Waals surface area contributed by atoms with Crippen LogP contribution in [0.5, 0.6) is 0 Å². The lowest BCUT2D eigenvalue weighted by atomic mass is 10.3.